The summed E-state index contributed by atoms with van der Waals surface area (Å²) < 4.78 is 10.5. The van der Waals surface area contributed by atoms with E-state index in [0.29, 0.717) is 6.04 Å². The molecule has 3 heteroatoms. The maximum atomic E-state index is 5.35. The Bertz CT molecular complexity index is 323. The molecule has 0 amide bonds. The molecule has 0 saturated carbocycles. The maximum absolute atomic E-state index is 5.35. The lowest BCUT2D eigenvalue weighted by molar-refractivity contribution is 0.307. The highest BCUT2D eigenvalue weighted by atomic mass is 16.5. The van der Waals surface area contributed by atoms with Gasteiger partial charge in [-0.3, -0.25) is 0 Å². The van der Waals surface area contributed by atoms with Gasteiger partial charge in [-0.15, -0.1) is 0 Å². The molecule has 1 aromatic carbocycles. The number of ether oxygens (including phenoxy) is 2. The van der Waals surface area contributed by atoms with E-state index < -0.39 is 0 Å². The summed E-state index contributed by atoms with van der Waals surface area (Å²) in [4.78, 5) is 2.14. The first-order valence-electron chi connectivity index (χ1n) is 4.98. The van der Waals surface area contributed by atoms with Crippen LogP contribution in [0.2, 0.25) is 0 Å². The van der Waals surface area contributed by atoms with Gasteiger partial charge in [-0.25, -0.2) is 0 Å². The van der Waals surface area contributed by atoms with E-state index >= 15 is 0 Å². The minimum absolute atomic E-state index is 0.325. The summed E-state index contributed by atoms with van der Waals surface area (Å²) in [6.07, 6.45) is 0. The lowest BCUT2D eigenvalue weighted by atomic mass is 10.1. The molecule has 0 N–H and O–H groups in total. The normalized spacial score (nSPS) is 12.7. The lowest BCUT2D eigenvalue weighted by Gasteiger charge is -2.22. The quantitative estimate of drug-likeness (QED) is 0.759. The molecule has 0 spiro atoms. The molecule has 0 saturated heterocycles. The van der Waals surface area contributed by atoms with Crippen molar-refractivity contribution in [2.24, 2.45) is 0 Å². The molecule has 3 nitrogen and oxygen atoms in total. The number of nitrogens with zero attached hydrogens (tertiary/aromatic N) is 1. The molecule has 0 bridgehead atoms. The number of hydrogen-bond donors (Lipinski definition) is 0. The zero-order valence-corrected chi connectivity index (χ0v) is 10.1. The molecule has 0 fully saturated rings. The van der Waals surface area contributed by atoms with E-state index in [1.54, 1.807) is 14.2 Å². The molecule has 0 aromatic heterocycles. The third kappa shape index (κ3) is 2.63. The molecule has 1 unspecified atom stereocenters. The van der Waals surface area contributed by atoms with Gasteiger partial charge in [0.2, 0.25) is 0 Å². The summed E-state index contributed by atoms with van der Waals surface area (Å²) in [7, 11) is 7.44. The summed E-state index contributed by atoms with van der Waals surface area (Å²) in [5.74, 6) is 1.69. The molecule has 0 aliphatic heterocycles. The second-order valence-corrected chi connectivity index (χ2v) is 3.75. The van der Waals surface area contributed by atoms with Gasteiger partial charge in [0, 0.05) is 17.7 Å². The zero-order chi connectivity index (χ0) is 11.4. The van der Waals surface area contributed by atoms with Crippen LogP contribution in [-0.2, 0) is 0 Å². The van der Waals surface area contributed by atoms with E-state index in [1.807, 2.05) is 32.3 Å². The fourth-order valence-corrected chi connectivity index (χ4v) is 1.44. The van der Waals surface area contributed by atoms with Crippen molar-refractivity contribution < 1.29 is 9.47 Å². The number of benzene rings is 1. The van der Waals surface area contributed by atoms with Crippen LogP contribution in [0.25, 0.3) is 0 Å². The highest BCUT2D eigenvalue weighted by molar-refractivity contribution is 5.42. The lowest BCUT2D eigenvalue weighted by Crippen LogP contribution is -2.17. The Labute approximate surface area is 91.6 Å². The van der Waals surface area contributed by atoms with Crippen molar-refractivity contribution in [3.05, 3.63) is 23.8 Å². The predicted octanol–water partition coefficient (Wildman–Crippen LogP) is 2.33. The van der Waals surface area contributed by atoms with Crippen molar-refractivity contribution in [1.82, 2.24) is 4.90 Å². The zero-order valence-electron chi connectivity index (χ0n) is 10.1. The molecule has 0 aliphatic carbocycles. The van der Waals surface area contributed by atoms with Crippen molar-refractivity contribution in [2.45, 2.75) is 13.0 Å². The van der Waals surface area contributed by atoms with E-state index in [1.165, 1.54) is 5.56 Å². The molecule has 0 heterocycles. The molecule has 0 radical (unpaired) electrons. The summed E-state index contributed by atoms with van der Waals surface area (Å²) in [6, 6.07) is 6.24. The molecule has 15 heavy (non-hydrogen) atoms. The van der Waals surface area contributed by atoms with Crippen LogP contribution >= 0.6 is 0 Å². The summed E-state index contributed by atoms with van der Waals surface area (Å²) in [5.41, 5.74) is 1.17. The van der Waals surface area contributed by atoms with Crippen molar-refractivity contribution in [1.29, 1.82) is 0 Å². The van der Waals surface area contributed by atoms with E-state index in [9.17, 15) is 0 Å². The van der Waals surface area contributed by atoms with Gasteiger partial charge in [0.15, 0.2) is 0 Å². The van der Waals surface area contributed by atoms with Gasteiger partial charge in [-0.1, -0.05) is 6.07 Å². The highest BCUT2D eigenvalue weighted by Crippen LogP contribution is 2.31. The Morgan fingerprint density at radius 2 is 1.80 bits per heavy atom. The second kappa shape index (κ2) is 5.03. The third-order valence-corrected chi connectivity index (χ3v) is 2.67. The van der Waals surface area contributed by atoms with Gasteiger partial charge in [0.1, 0.15) is 11.5 Å². The minimum Gasteiger partial charge on any atom is -0.497 e. The molecular weight excluding hydrogens is 190 g/mol. The Kier molecular flexibility index (Phi) is 3.97. The highest BCUT2D eigenvalue weighted by Gasteiger charge is 2.13. The number of hydrogen-bond acceptors (Lipinski definition) is 3. The summed E-state index contributed by atoms with van der Waals surface area (Å²) in [6.45, 7) is 2.14. The largest absolute Gasteiger partial charge is 0.497 e. The van der Waals surface area contributed by atoms with Gasteiger partial charge in [0.25, 0.3) is 0 Å². The fourth-order valence-electron chi connectivity index (χ4n) is 1.44. The molecule has 1 rings (SSSR count). The standard InChI is InChI=1S/C12H19NO2/c1-9(13(2)3)11-7-6-10(14-4)8-12(11)15-5/h6-9H,1-5H3. The average molecular weight is 209 g/mol. The first-order valence-corrected chi connectivity index (χ1v) is 4.98. The second-order valence-electron chi connectivity index (χ2n) is 3.75. The molecule has 1 atom stereocenters. The van der Waals surface area contributed by atoms with Crippen molar-refractivity contribution in [3.8, 4) is 11.5 Å². The van der Waals surface area contributed by atoms with Crippen LogP contribution in [-0.4, -0.2) is 33.2 Å². The third-order valence-electron chi connectivity index (χ3n) is 2.67. The number of methoxy groups -OCH3 is 2. The number of rotatable bonds is 4. The van der Waals surface area contributed by atoms with Gasteiger partial charge >= 0.3 is 0 Å². The van der Waals surface area contributed by atoms with E-state index in [0.717, 1.165) is 11.5 Å². The van der Waals surface area contributed by atoms with Crippen molar-refractivity contribution >= 4 is 0 Å². The average Bonchev–Trinajstić information content (AvgIpc) is 2.27. The fraction of sp³-hybridized carbons (Fsp3) is 0.500. The van der Waals surface area contributed by atoms with Gasteiger partial charge in [-0.2, -0.15) is 0 Å². The van der Waals surface area contributed by atoms with Crippen LogP contribution in [0.3, 0.4) is 0 Å². The topological polar surface area (TPSA) is 21.7 Å². The Morgan fingerprint density at radius 1 is 1.13 bits per heavy atom. The van der Waals surface area contributed by atoms with E-state index in [2.05, 4.69) is 11.8 Å². The SMILES string of the molecule is COc1ccc(C(C)N(C)C)c(OC)c1. The predicted molar refractivity (Wildman–Crippen MR) is 61.6 cm³/mol. The van der Waals surface area contributed by atoms with Crippen molar-refractivity contribution in [3.63, 3.8) is 0 Å². The smallest absolute Gasteiger partial charge is 0.127 e. The minimum atomic E-state index is 0.325. The van der Waals surface area contributed by atoms with Gasteiger partial charge < -0.3 is 14.4 Å². The van der Waals surface area contributed by atoms with Gasteiger partial charge in [-0.05, 0) is 27.1 Å². The Balaban J connectivity index is 3.07. The Hall–Kier alpha value is -1.22. The monoisotopic (exact) mass is 209 g/mol. The molecule has 84 valence electrons. The van der Waals surface area contributed by atoms with Crippen molar-refractivity contribution in [2.75, 3.05) is 28.3 Å². The first kappa shape index (κ1) is 11.9. The summed E-state index contributed by atoms with van der Waals surface area (Å²) in [5, 5.41) is 0. The summed E-state index contributed by atoms with van der Waals surface area (Å²) >= 11 is 0. The van der Waals surface area contributed by atoms with Gasteiger partial charge in [0.05, 0.1) is 14.2 Å². The van der Waals surface area contributed by atoms with Crippen LogP contribution in [0.15, 0.2) is 18.2 Å². The molecule has 0 aliphatic rings. The van der Waals surface area contributed by atoms with E-state index in [-0.39, 0.29) is 0 Å². The van der Waals surface area contributed by atoms with Crippen LogP contribution in [0.1, 0.15) is 18.5 Å². The van der Waals surface area contributed by atoms with Crippen LogP contribution in [0.4, 0.5) is 0 Å². The molecular formula is C12H19NO2. The van der Waals surface area contributed by atoms with Crippen LogP contribution < -0.4 is 9.47 Å². The van der Waals surface area contributed by atoms with Crippen LogP contribution in [0, 0.1) is 0 Å². The maximum Gasteiger partial charge on any atom is 0.127 e. The van der Waals surface area contributed by atoms with E-state index in [4.69, 9.17) is 9.47 Å². The Morgan fingerprint density at radius 3 is 2.27 bits per heavy atom. The molecule has 1 aromatic rings. The van der Waals surface area contributed by atoms with Crippen LogP contribution in [0.5, 0.6) is 11.5 Å². The first-order chi connectivity index (χ1) is 7.10.